The normalized spacial score (nSPS) is 11.0. The molecule has 0 spiro atoms. The van der Waals surface area contributed by atoms with Crippen molar-refractivity contribution in [1.82, 2.24) is 15.1 Å². The summed E-state index contributed by atoms with van der Waals surface area (Å²) >= 11 is 7.64. The van der Waals surface area contributed by atoms with Crippen LogP contribution in [0.2, 0.25) is 5.02 Å². The van der Waals surface area contributed by atoms with Gasteiger partial charge in [-0.2, -0.15) is 0 Å². The number of pyridine rings is 1. The second-order valence-electron chi connectivity index (χ2n) is 5.96. The number of anilines is 1. The van der Waals surface area contributed by atoms with E-state index >= 15 is 0 Å². The predicted octanol–water partition coefficient (Wildman–Crippen LogP) is 4.50. The Morgan fingerprint density at radius 1 is 1.32 bits per heavy atom. The lowest BCUT2D eigenvalue weighted by Crippen LogP contribution is -2.31. The van der Waals surface area contributed by atoms with E-state index in [4.69, 9.17) is 20.9 Å². The second-order valence-corrected chi connectivity index (χ2v) is 7.34. The van der Waals surface area contributed by atoms with E-state index in [2.05, 4.69) is 15.1 Å². The molecule has 0 bridgehead atoms. The Morgan fingerprint density at radius 3 is 2.86 bits per heavy atom. The largest absolute Gasteiger partial charge is 0.494 e. The highest BCUT2D eigenvalue weighted by Crippen LogP contribution is 2.39. The van der Waals surface area contributed by atoms with Crippen LogP contribution in [0.3, 0.4) is 0 Å². The van der Waals surface area contributed by atoms with Gasteiger partial charge in [-0.05, 0) is 31.2 Å². The lowest BCUT2D eigenvalue weighted by molar-refractivity contribution is 0.0976. The van der Waals surface area contributed by atoms with Gasteiger partial charge in [0.15, 0.2) is 10.8 Å². The van der Waals surface area contributed by atoms with Crippen molar-refractivity contribution >= 4 is 44.2 Å². The molecule has 0 aliphatic heterocycles. The number of aromatic nitrogens is 3. The van der Waals surface area contributed by atoms with Crippen molar-refractivity contribution in [2.24, 2.45) is 0 Å². The Labute approximate surface area is 169 Å². The summed E-state index contributed by atoms with van der Waals surface area (Å²) < 4.78 is 11.2. The Kier molecular flexibility index (Phi) is 4.97. The highest BCUT2D eigenvalue weighted by atomic mass is 35.5. The molecule has 1 amide bonds. The van der Waals surface area contributed by atoms with Gasteiger partial charge in [-0.25, -0.2) is 4.98 Å². The molecule has 9 heteroatoms. The van der Waals surface area contributed by atoms with E-state index in [1.54, 1.807) is 38.4 Å². The van der Waals surface area contributed by atoms with Crippen molar-refractivity contribution in [1.29, 1.82) is 0 Å². The molecule has 142 valence electrons. The number of hydrogen-bond donors (Lipinski definition) is 0. The molecular formula is C19H15ClN4O3S. The van der Waals surface area contributed by atoms with Gasteiger partial charge in [0.05, 0.1) is 29.1 Å². The Bertz CT molecular complexity index is 1140. The minimum absolute atomic E-state index is 0.200. The molecule has 0 fully saturated rings. The molecule has 0 saturated carbocycles. The number of nitrogens with zero attached hydrogens (tertiary/aromatic N) is 4. The zero-order valence-corrected chi connectivity index (χ0v) is 16.6. The van der Waals surface area contributed by atoms with Crippen molar-refractivity contribution in [2.75, 3.05) is 12.0 Å². The molecule has 0 radical (unpaired) electrons. The summed E-state index contributed by atoms with van der Waals surface area (Å²) in [5.41, 5.74) is 1.52. The standard InChI is InChI=1S/C19H15ClN4O3S/c1-11-9-14(23-27-11)18(25)24(10-12-5-3-4-8-21-12)19-22-16-15(26-2)7-6-13(20)17(16)28-19/h3-9H,10H2,1-2H3. The van der Waals surface area contributed by atoms with Crippen LogP contribution in [-0.2, 0) is 6.54 Å². The molecule has 0 aliphatic rings. The van der Waals surface area contributed by atoms with Crippen LogP contribution in [0.4, 0.5) is 5.13 Å². The van der Waals surface area contributed by atoms with Crippen molar-refractivity contribution in [2.45, 2.75) is 13.5 Å². The number of carbonyl (C=O) groups excluding carboxylic acids is 1. The quantitative estimate of drug-likeness (QED) is 0.478. The minimum Gasteiger partial charge on any atom is -0.494 e. The molecule has 0 atom stereocenters. The Hall–Kier alpha value is -2.97. The fourth-order valence-electron chi connectivity index (χ4n) is 2.71. The van der Waals surface area contributed by atoms with E-state index in [0.29, 0.717) is 32.9 Å². The van der Waals surface area contributed by atoms with E-state index in [0.717, 1.165) is 4.70 Å². The lowest BCUT2D eigenvalue weighted by atomic mass is 10.3. The molecule has 0 N–H and O–H groups in total. The average molecular weight is 415 g/mol. The molecule has 4 rings (SSSR count). The summed E-state index contributed by atoms with van der Waals surface area (Å²) in [6, 6.07) is 10.6. The topological polar surface area (TPSA) is 81.4 Å². The van der Waals surface area contributed by atoms with E-state index < -0.39 is 0 Å². The first-order valence-corrected chi connectivity index (χ1v) is 9.54. The van der Waals surface area contributed by atoms with E-state index in [9.17, 15) is 4.79 Å². The molecular weight excluding hydrogens is 400 g/mol. The van der Waals surface area contributed by atoms with Crippen molar-refractivity contribution in [3.8, 4) is 5.75 Å². The Morgan fingerprint density at radius 2 is 2.18 bits per heavy atom. The summed E-state index contributed by atoms with van der Waals surface area (Å²) in [5, 5.41) is 4.86. The number of halogens is 1. The van der Waals surface area contributed by atoms with Gasteiger partial charge in [0, 0.05) is 12.3 Å². The zero-order valence-electron chi connectivity index (χ0n) is 15.0. The maximum absolute atomic E-state index is 13.2. The van der Waals surface area contributed by atoms with Crippen molar-refractivity contribution in [3.05, 3.63) is 64.8 Å². The molecule has 1 aromatic carbocycles. The van der Waals surface area contributed by atoms with Crippen LogP contribution in [0, 0.1) is 6.92 Å². The second kappa shape index (κ2) is 7.57. The van der Waals surface area contributed by atoms with Crippen LogP contribution in [0.1, 0.15) is 21.9 Å². The maximum Gasteiger partial charge on any atom is 0.282 e. The summed E-state index contributed by atoms with van der Waals surface area (Å²) in [7, 11) is 1.57. The van der Waals surface area contributed by atoms with Crippen LogP contribution < -0.4 is 9.64 Å². The highest BCUT2D eigenvalue weighted by Gasteiger charge is 2.26. The first kappa shape index (κ1) is 18.4. The number of amides is 1. The van der Waals surface area contributed by atoms with Gasteiger partial charge in [-0.1, -0.05) is 34.2 Å². The van der Waals surface area contributed by atoms with Crippen LogP contribution in [-0.4, -0.2) is 28.1 Å². The van der Waals surface area contributed by atoms with Crippen LogP contribution in [0.15, 0.2) is 47.1 Å². The Balaban J connectivity index is 1.82. The van der Waals surface area contributed by atoms with E-state index in [-0.39, 0.29) is 18.1 Å². The van der Waals surface area contributed by atoms with Gasteiger partial charge < -0.3 is 9.26 Å². The molecule has 7 nitrogen and oxygen atoms in total. The smallest absolute Gasteiger partial charge is 0.282 e. The molecule has 3 heterocycles. The molecule has 28 heavy (non-hydrogen) atoms. The third-order valence-corrected chi connectivity index (χ3v) is 5.58. The molecule has 4 aromatic rings. The first-order valence-electron chi connectivity index (χ1n) is 8.35. The zero-order chi connectivity index (χ0) is 19.7. The maximum atomic E-state index is 13.2. The molecule has 0 aliphatic carbocycles. The number of methoxy groups -OCH3 is 1. The highest BCUT2D eigenvalue weighted by molar-refractivity contribution is 7.23. The number of aryl methyl sites for hydroxylation is 1. The van der Waals surface area contributed by atoms with Gasteiger partial charge in [-0.15, -0.1) is 0 Å². The van der Waals surface area contributed by atoms with Crippen molar-refractivity contribution in [3.63, 3.8) is 0 Å². The molecule has 3 aromatic heterocycles. The van der Waals surface area contributed by atoms with Crippen LogP contribution >= 0.6 is 22.9 Å². The van der Waals surface area contributed by atoms with Crippen molar-refractivity contribution < 1.29 is 14.1 Å². The van der Waals surface area contributed by atoms with Gasteiger partial charge >= 0.3 is 0 Å². The number of hydrogen-bond acceptors (Lipinski definition) is 7. The number of rotatable bonds is 5. The summed E-state index contributed by atoms with van der Waals surface area (Å²) in [6.45, 7) is 1.96. The summed E-state index contributed by atoms with van der Waals surface area (Å²) in [6.07, 6.45) is 1.68. The SMILES string of the molecule is COc1ccc(Cl)c2sc(N(Cc3ccccn3)C(=O)c3cc(C)on3)nc12. The average Bonchev–Trinajstić information content (AvgIpc) is 3.34. The summed E-state index contributed by atoms with van der Waals surface area (Å²) in [4.78, 5) is 23.6. The van der Waals surface area contributed by atoms with Gasteiger partial charge in [0.25, 0.3) is 5.91 Å². The predicted molar refractivity (Wildman–Crippen MR) is 107 cm³/mol. The van der Waals surface area contributed by atoms with Gasteiger partial charge in [0.2, 0.25) is 0 Å². The van der Waals surface area contributed by atoms with E-state index in [1.807, 2.05) is 18.2 Å². The fourth-order valence-corrected chi connectivity index (χ4v) is 3.96. The number of ether oxygens (including phenoxy) is 1. The lowest BCUT2D eigenvalue weighted by Gasteiger charge is -2.18. The van der Waals surface area contributed by atoms with E-state index in [1.165, 1.54) is 16.2 Å². The molecule has 0 unspecified atom stereocenters. The first-order chi connectivity index (χ1) is 13.6. The minimum atomic E-state index is -0.336. The summed E-state index contributed by atoms with van der Waals surface area (Å²) in [5.74, 6) is 0.802. The fraction of sp³-hybridized carbons (Fsp3) is 0.158. The monoisotopic (exact) mass is 414 g/mol. The number of thiazole rings is 1. The number of carbonyl (C=O) groups is 1. The van der Waals surface area contributed by atoms with Crippen LogP contribution in [0.25, 0.3) is 10.2 Å². The van der Waals surface area contributed by atoms with Gasteiger partial charge in [0.1, 0.15) is 17.0 Å². The number of benzene rings is 1. The van der Waals surface area contributed by atoms with Crippen LogP contribution in [0.5, 0.6) is 5.75 Å². The molecule has 0 saturated heterocycles. The third-order valence-electron chi connectivity index (χ3n) is 4.04. The third kappa shape index (κ3) is 3.44. The van der Waals surface area contributed by atoms with Gasteiger partial charge in [-0.3, -0.25) is 14.7 Å². The number of fused-ring (bicyclic) bond motifs is 1.